The second-order valence-corrected chi connectivity index (χ2v) is 8.95. The number of carbonyl (C=O) groups excluding carboxylic acids is 2. The molecule has 0 aliphatic carbocycles. The summed E-state index contributed by atoms with van der Waals surface area (Å²) in [5.74, 6) is 0. The van der Waals surface area contributed by atoms with Crippen LogP contribution < -0.4 is 15.5 Å². The highest BCUT2D eigenvalue weighted by Crippen LogP contribution is 2.30. The van der Waals surface area contributed by atoms with Gasteiger partial charge in [0.1, 0.15) is 0 Å². The Bertz CT molecular complexity index is 1180. The minimum absolute atomic E-state index is 0.0382. The van der Waals surface area contributed by atoms with E-state index in [1.807, 2.05) is 60.4 Å². The minimum Gasteiger partial charge on any atom is -0.334 e. The first-order valence-corrected chi connectivity index (χ1v) is 11.7. The molecule has 1 aliphatic rings. The van der Waals surface area contributed by atoms with Crippen molar-refractivity contribution < 1.29 is 9.59 Å². The normalized spacial score (nSPS) is 13.7. The largest absolute Gasteiger partial charge is 0.334 e. The number of anilines is 2. The average molecular weight is 457 g/mol. The van der Waals surface area contributed by atoms with Gasteiger partial charge in [-0.2, -0.15) is 0 Å². The number of rotatable bonds is 6. The third kappa shape index (κ3) is 5.57. The van der Waals surface area contributed by atoms with Crippen LogP contribution in [0.4, 0.5) is 21.0 Å². The van der Waals surface area contributed by atoms with Crippen molar-refractivity contribution in [2.75, 3.05) is 23.3 Å². The molecule has 1 fully saturated rings. The Hall–Kier alpha value is -3.80. The Morgan fingerprint density at radius 3 is 2.44 bits per heavy atom. The van der Waals surface area contributed by atoms with E-state index >= 15 is 0 Å². The number of hydrogen-bond donors (Lipinski definition) is 2. The van der Waals surface area contributed by atoms with Gasteiger partial charge in [-0.3, -0.25) is 4.90 Å². The van der Waals surface area contributed by atoms with Crippen molar-refractivity contribution in [1.82, 2.24) is 10.2 Å². The molecule has 0 spiro atoms. The van der Waals surface area contributed by atoms with Gasteiger partial charge in [0.05, 0.1) is 11.4 Å². The first kappa shape index (κ1) is 23.4. The summed E-state index contributed by atoms with van der Waals surface area (Å²) in [5.41, 5.74) is 6.92. The summed E-state index contributed by atoms with van der Waals surface area (Å²) in [5, 5.41) is 5.86. The van der Waals surface area contributed by atoms with Crippen molar-refractivity contribution in [3.8, 4) is 0 Å². The molecule has 6 nitrogen and oxygen atoms in total. The van der Waals surface area contributed by atoms with Crippen LogP contribution in [0.2, 0.25) is 0 Å². The van der Waals surface area contributed by atoms with Crippen LogP contribution in [0.5, 0.6) is 0 Å². The maximum absolute atomic E-state index is 13.5. The first-order valence-electron chi connectivity index (χ1n) is 11.7. The van der Waals surface area contributed by atoms with Crippen LogP contribution >= 0.6 is 0 Å². The highest BCUT2D eigenvalue weighted by molar-refractivity contribution is 6.00. The van der Waals surface area contributed by atoms with E-state index in [4.69, 9.17) is 0 Å². The lowest BCUT2D eigenvalue weighted by atomic mass is 10.0. The number of benzene rings is 3. The zero-order valence-electron chi connectivity index (χ0n) is 20.1. The fourth-order valence-corrected chi connectivity index (χ4v) is 4.26. The SMILES string of the molecule is Cc1ccc(C)c(CN2CCCN(c3ccc(C)cc3NC(=O)NCc3ccccc3)C2=O)c1. The van der Waals surface area contributed by atoms with E-state index in [1.54, 1.807) is 4.90 Å². The third-order valence-electron chi connectivity index (χ3n) is 6.16. The lowest BCUT2D eigenvalue weighted by molar-refractivity contribution is 0.192. The number of urea groups is 2. The van der Waals surface area contributed by atoms with Crippen molar-refractivity contribution in [2.24, 2.45) is 0 Å². The molecule has 1 heterocycles. The number of hydrogen-bond acceptors (Lipinski definition) is 2. The van der Waals surface area contributed by atoms with E-state index in [9.17, 15) is 9.59 Å². The number of carbonyl (C=O) groups is 2. The smallest absolute Gasteiger partial charge is 0.324 e. The van der Waals surface area contributed by atoms with Gasteiger partial charge < -0.3 is 15.5 Å². The van der Waals surface area contributed by atoms with Crippen LogP contribution in [0.15, 0.2) is 66.7 Å². The van der Waals surface area contributed by atoms with Gasteiger partial charge in [-0.1, -0.05) is 60.2 Å². The molecule has 0 radical (unpaired) electrons. The van der Waals surface area contributed by atoms with Crippen molar-refractivity contribution in [2.45, 2.75) is 40.3 Å². The summed E-state index contributed by atoms with van der Waals surface area (Å²) in [6, 6.07) is 21.6. The lowest BCUT2D eigenvalue weighted by Gasteiger charge is -2.37. The van der Waals surface area contributed by atoms with Crippen LogP contribution in [-0.4, -0.2) is 30.1 Å². The van der Waals surface area contributed by atoms with E-state index < -0.39 is 0 Å². The maximum atomic E-state index is 13.5. The molecular formula is C28H32N4O2. The molecule has 0 aromatic heterocycles. The van der Waals surface area contributed by atoms with Gasteiger partial charge in [0, 0.05) is 26.2 Å². The summed E-state index contributed by atoms with van der Waals surface area (Å²) in [4.78, 5) is 29.8. The van der Waals surface area contributed by atoms with Gasteiger partial charge in [-0.05, 0) is 61.6 Å². The minimum atomic E-state index is -0.299. The Balaban J connectivity index is 1.50. The maximum Gasteiger partial charge on any atom is 0.324 e. The fraction of sp³-hybridized carbons (Fsp3) is 0.286. The second kappa shape index (κ2) is 10.4. The van der Waals surface area contributed by atoms with Gasteiger partial charge in [0.2, 0.25) is 0 Å². The predicted octanol–water partition coefficient (Wildman–Crippen LogP) is 5.77. The van der Waals surface area contributed by atoms with Crippen molar-refractivity contribution in [3.05, 3.63) is 94.5 Å². The highest BCUT2D eigenvalue weighted by atomic mass is 16.2. The van der Waals surface area contributed by atoms with Crippen molar-refractivity contribution in [1.29, 1.82) is 0 Å². The van der Waals surface area contributed by atoms with Gasteiger partial charge in [-0.15, -0.1) is 0 Å². The number of nitrogens with one attached hydrogen (secondary N) is 2. The predicted molar refractivity (Wildman–Crippen MR) is 137 cm³/mol. The van der Waals surface area contributed by atoms with Crippen molar-refractivity contribution >= 4 is 23.4 Å². The van der Waals surface area contributed by atoms with Gasteiger partial charge in [-0.25, -0.2) is 9.59 Å². The number of nitrogens with zero attached hydrogens (tertiary/aromatic N) is 2. The molecule has 176 valence electrons. The molecule has 0 saturated carbocycles. The van der Waals surface area contributed by atoms with Crippen LogP contribution in [0.1, 0.15) is 34.2 Å². The number of amides is 4. The standard InChI is InChI=1S/C28H32N4O2/c1-20-10-12-22(3)24(16-20)19-31-14-7-15-32(28(31)34)26-13-11-21(2)17-25(26)30-27(33)29-18-23-8-5-4-6-9-23/h4-6,8-13,16-17H,7,14-15,18-19H2,1-3H3,(H2,29,30,33). The van der Waals surface area contributed by atoms with Crippen molar-refractivity contribution in [3.63, 3.8) is 0 Å². The zero-order valence-corrected chi connectivity index (χ0v) is 20.1. The Kier molecular flexibility index (Phi) is 7.16. The third-order valence-corrected chi connectivity index (χ3v) is 6.16. The molecule has 4 rings (SSSR count). The van der Waals surface area contributed by atoms with E-state index in [-0.39, 0.29) is 12.1 Å². The topological polar surface area (TPSA) is 64.7 Å². The molecule has 1 aliphatic heterocycles. The Morgan fingerprint density at radius 2 is 1.65 bits per heavy atom. The molecule has 4 amide bonds. The molecule has 6 heteroatoms. The van der Waals surface area contributed by atoms with Crippen LogP contribution in [-0.2, 0) is 13.1 Å². The average Bonchev–Trinajstić information content (AvgIpc) is 2.82. The van der Waals surface area contributed by atoms with E-state index in [0.717, 1.165) is 35.3 Å². The van der Waals surface area contributed by atoms with Crippen LogP contribution in [0.25, 0.3) is 0 Å². The molecule has 2 N–H and O–H groups in total. The Labute approximate surface area is 201 Å². The molecule has 34 heavy (non-hydrogen) atoms. The zero-order chi connectivity index (χ0) is 24.1. The first-order chi connectivity index (χ1) is 16.4. The molecule has 0 unspecified atom stereocenters. The summed E-state index contributed by atoms with van der Waals surface area (Å²) in [7, 11) is 0. The van der Waals surface area contributed by atoms with E-state index in [0.29, 0.717) is 25.3 Å². The summed E-state index contributed by atoms with van der Waals surface area (Å²) in [6.07, 6.45) is 0.865. The fourth-order valence-electron chi connectivity index (χ4n) is 4.26. The molecule has 0 bridgehead atoms. The quantitative estimate of drug-likeness (QED) is 0.495. The lowest BCUT2D eigenvalue weighted by Crippen LogP contribution is -2.49. The second-order valence-electron chi connectivity index (χ2n) is 8.95. The van der Waals surface area contributed by atoms with Crippen LogP contribution in [0.3, 0.4) is 0 Å². The molecular weight excluding hydrogens is 424 g/mol. The highest BCUT2D eigenvalue weighted by Gasteiger charge is 2.29. The molecule has 3 aromatic rings. The molecule has 1 saturated heterocycles. The monoisotopic (exact) mass is 456 g/mol. The van der Waals surface area contributed by atoms with Gasteiger partial charge in [0.25, 0.3) is 0 Å². The number of aryl methyl sites for hydroxylation is 3. The summed E-state index contributed by atoms with van der Waals surface area (Å²) in [6.45, 7) is 8.47. The molecule has 0 atom stereocenters. The van der Waals surface area contributed by atoms with Gasteiger partial charge in [0.15, 0.2) is 0 Å². The summed E-state index contributed by atoms with van der Waals surface area (Å²) >= 11 is 0. The van der Waals surface area contributed by atoms with E-state index in [1.165, 1.54) is 11.1 Å². The van der Waals surface area contributed by atoms with Gasteiger partial charge >= 0.3 is 12.1 Å². The molecule has 3 aromatic carbocycles. The van der Waals surface area contributed by atoms with E-state index in [2.05, 4.69) is 42.7 Å². The summed E-state index contributed by atoms with van der Waals surface area (Å²) < 4.78 is 0. The van der Waals surface area contributed by atoms with Crippen LogP contribution in [0, 0.1) is 20.8 Å². The Morgan fingerprint density at radius 1 is 0.912 bits per heavy atom.